The Morgan fingerprint density at radius 3 is 3.00 bits per heavy atom. The maximum atomic E-state index is 4.19. The molecule has 0 spiro atoms. The van der Waals surface area contributed by atoms with Gasteiger partial charge in [-0.2, -0.15) is 0 Å². The predicted molar refractivity (Wildman–Crippen MR) is 56.4 cm³/mol. The average Bonchev–Trinajstić information content (AvgIpc) is 2.56. The van der Waals surface area contributed by atoms with Gasteiger partial charge in [-0.1, -0.05) is 0 Å². The van der Waals surface area contributed by atoms with E-state index in [4.69, 9.17) is 0 Å². The summed E-state index contributed by atoms with van der Waals surface area (Å²) in [4.78, 5) is 4.19. The second kappa shape index (κ2) is 4.58. The number of nitrogens with one attached hydrogen (secondary N) is 1. The fourth-order valence-electron chi connectivity index (χ4n) is 1.76. The van der Waals surface area contributed by atoms with Crippen LogP contribution in [0.3, 0.4) is 0 Å². The first-order valence-corrected chi connectivity index (χ1v) is 4.49. The smallest absolute Gasteiger partial charge is 0.0375 e. The zero-order valence-electron chi connectivity index (χ0n) is 7.79. The lowest BCUT2D eigenvalue weighted by Crippen LogP contribution is -2.08. The van der Waals surface area contributed by atoms with Gasteiger partial charge in [-0.25, -0.2) is 0 Å². The van der Waals surface area contributed by atoms with Crippen LogP contribution in [-0.4, -0.2) is 18.1 Å². The van der Waals surface area contributed by atoms with Crippen molar-refractivity contribution < 1.29 is 0 Å². The molecule has 0 aliphatic carbocycles. The molecule has 1 aromatic heterocycles. The molecule has 2 nitrogen and oxygen atoms in total. The van der Waals surface area contributed by atoms with Gasteiger partial charge < -0.3 is 5.32 Å². The van der Waals surface area contributed by atoms with Gasteiger partial charge in [0, 0.05) is 18.4 Å². The molecule has 72 valence electrons. The summed E-state index contributed by atoms with van der Waals surface area (Å²) in [6.45, 7) is 4.33. The summed E-state index contributed by atoms with van der Waals surface area (Å²) in [6, 6.07) is 4.32. The maximum absolute atomic E-state index is 4.19. The number of hydrogen-bond donors (Lipinski definition) is 1. The predicted octanol–water partition coefficient (Wildman–Crippen LogP) is 1.89. The number of rotatable bonds is 1. The van der Waals surface area contributed by atoms with Gasteiger partial charge in [0.15, 0.2) is 0 Å². The van der Waals surface area contributed by atoms with E-state index >= 15 is 0 Å². The molecule has 1 unspecified atom stereocenters. The topological polar surface area (TPSA) is 24.9 Å². The summed E-state index contributed by atoms with van der Waals surface area (Å²) < 4.78 is 0. The monoisotopic (exact) mass is 198 g/mol. The van der Waals surface area contributed by atoms with Crippen molar-refractivity contribution >= 4 is 12.4 Å². The van der Waals surface area contributed by atoms with E-state index in [1.807, 2.05) is 13.1 Å². The van der Waals surface area contributed by atoms with Crippen molar-refractivity contribution in [2.75, 3.05) is 13.1 Å². The number of aryl methyl sites for hydroxylation is 1. The summed E-state index contributed by atoms with van der Waals surface area (Å²) in [7, 11) is 0. The van der Waals surface area contributed by atoms with E-state index in [1.54, 1.807) is 0 Å². The number of pyridine rings is 1. The zero-order chi connectivity index (χ0) is 8.39. The van der Waals surface area contributed by atoms with E-state index in [0.29, 0.717) is 5.92 Å². The Kier molecular flexibility index (Phi) is 3.70. The number of aromatic nitrogens is 1. The molecule has 0 amide bonds. The Morgan fingerprint density at radius 1 is 1.54 bits per heavy atom. The number of hydrogen-bond acceptors (Lipinski definition) is 2. The third kappa shape index (κ3) is 2.42. The van der Waals surface area contributed by atoms with E-state index < -0.39 is 0 Å². The highest BCUT2D eigenvalue weighted by Crippen LogP contribution is 2.21. The minimum Gasteiger partial charge on any atom is -0.316 e. The maximum Gasteiger partial charge on any atom is 0.0375 e. The molecule has 2 rings (SSSR count). The minimum absolute atomic E-state index is 0. The van der Waals surface area contributed by atoms with E-state index in [-0.39, 0.29) is 12.4 Å². The molecule has 1 aromatic rings. The van der Waals surface area contributed by atoms with Gasteiger partial charge in [-0.05, 0) is 43.5 Å². The quantitative estimate of drug-likeness (QED) is 0.746. The van der Waals surface area contributed by atoms with Gasteiger partial charge in [-0.3, -0.25) is 4.98 Å². The van der Waals surface area contributed by atoms with Gasteiger partial charge in [0.1, 0.15) is 0 Å². The molecule has 1 aliphatic rings. The Balaban J connectivity index is 0.000000845. The van der Waals surface area contributed by atoms with Crippen LogP contribution in [0.25, 0.3) is 0 Å². The fraction of sp³-hybridized carbons (Fsp3) is 0.500. The Labute approximate surface area is 85.2 Å². The second-order valence-electron chi connectivity index (χ2n) is 3.42. The van der Waals surface area contributed by atoms with Crippen molar-refractivity contribution in [3.8, 4) is 0 Å². The molecule has 1 aliphatic heterocycles. The molecule has 1 saturated heterocycles. The lowest BCUT2D eigenvalue weighted by molar-refractivity contribution is 0.760. The summed E-state index contributed by atoms with van der Waals surface area (Å²) in [5.74, 6) is 0.715. The van der Waals surface area contributed by atoms with Crippen molar-refractivity contribution in [1.82, 2.24) is 10.3 Å². The van der Waals surface area contributed by atoms with E-state index in [2.05, 4.69) is 22.4 Å². The van der Waals surface area contributed by atoms with E-state index in [1.165, 1.54) is 12.0 Å². The standard InChI is InChI=1S/C10H14N2.ClH/c1-8-6-9(3-5-12-8)10-2-4-11-7-10;/h3,5-6,10-11H,2,4,7H2,1H3;1H. The highest BCUT2D eigenvalue weighted by molar-refractivity contribution is 5.85. The first-order valence-electron chi connectivity index (χ1n) is 4.49. The molecular formula is C10H15ClN2. The lowest BCUT2D eigenvalue weighted by atomic mass is 9.99. The van der Waals surface area contributed by atoms with Gasteiger partial charge in [-0.15, -0.1) is 12.4 Å². The van der Waals surface area contributed by atoms with Crippen LogP contribution in [0.5, 0.6) is 0 Å². The van der Waals surface area contributed by atoms with Crippen LogP contribution >= 0.6 is 12.4 Å². The molecule has 1 fully saturated rings. The van der Waals surface area contributed by atoms with Crippen molar-refractivity contribution in [3.63, 3.8) is 0 Å². The van der Waals surface area contributed by atoms with Crippen LogP contribution < -0.4 is 5.32 Å². The highest BCUT2D eigenvalue weighted by Gasteiger charge is 2.15. The number of nitrogens with zero attached hydrogens (tertiary/aromatic N) is 1. The van der Waals surface area contributed by atoms with Gasteiger partial charge in [0.05, 0.1) is 0 Å². The minimum atomic E-state index is 0. The molecule has 13 heavy (non-hydrogen) atoms. The second-order valence-corrected chi connectivity index (χ2v) is 3.42. The Morgan fingerprint density at radius 2 is 2.38 bits per heavy atom. The zero-order valence-corrected chi connectivity index (χ0v) is 8.60. The summed E-state index contributed by atoms with van der Waals surface area (Å²) in [6.07, 6.45) is 3.17. The normalized spacial score (nSPS) is 21.2. The average molecular weight is 199 g/mol. The van der Waals surface area contributed by atoms with Crippen LogP contribution in [0, 0.1) is 6.92 Å². The van der Waals surface area contributed by atoms with E-state index in [9.17, 15) is 0 Å². The summed E-state index contributed by atoms with van der Waals surface area (Å²) in [5.41, 5.74) is 2.56. The van der Waals surface area contributed by atoms with Crippen molar-refractivity contribution in [2.24, 2.45) is 0 Å². The molecule has 0 saturated carbocycles. The SMILES string of the molecule is Cc1cc(C2CCNC2)ccn1.Cl. The fourth-order valence-corrected chi connectivity index (χ4v) is 1.76. The molecule has 2 heterocycles. The first-order chi connectivity index (χ1) is 5.86. The van der Waals surface area contributed by atoms with Crippen LogP contribution in [-0.2, 0) is 0 Å². The van der Waals surface area contributed by atoms with Crippen LogP contribution in [0.15, 0.2) is 18.3 Å². The van der Waals surface area contributed by atoms with Gasteiger partial charge >= 0.3 is 0 Å². The molecule has 0 aromatic carbocycles. The molecule has 0 radical (unpaired) electrons. The molecular weight excluding hydrogens is 184 g/mol. The molecule has 1 N–H and O–H groups in total. The molecule has 0 bridgehead atoms. The third-order valence-electron chi connectivity index (χ3n) is 2.45. The molecule has 3 heteroatoms. The molecule has 1 atom stereocenters. The van der Waals surface area contributed by atoms with Crippen LogP contribution in [0.4, 0.5) is 0 Å². The van der Waals surface area contributed by atoms with E-state index in [0.717, 1.165) is 18.8 Å². The summed E-state index contributed by atoms with van der Waals surface area (Å²) >= 11 is 0. The van der Waals surface area contributed by atoms with Crippen molar-refractivity contribution in [3.05, 3.63) is 29.6 Å². The van der Waals surface area contributed by atoms with Gasteiger partial charge in [0.25, 0.3) is 0 Å². The lowest BCUT2D eigenvalue weighted by Gasteiger charge is -2.08. The largest absolute Gasteiger partial charge is 0.316 e. The highest BCUT2D eigenvalue weighted by atomic mass is 35.5. The third-order valence-corrected chi connectivity index (χ3v) is 2.45. The van der Waals surface area contributed by atoms with Crippen molar-refractivity contribution in [1.29, 1.82) is 0 Å². The van der Waals surface area contributed by atoms with Gasteiger partial charge in [0.2, 0.25) is 0 Å². The Bertz CT molecular complexity index is 269. The number of halogens is 1. The van der Waals surface area contributed by atoms with Crippen LogP contribution in [0.2, 0.25) is 0 Å². The first kappa shape index (κ1) is 10.5. The van der Waals surface area contributed by atoms with Crippen molar-refractivity contribution in [2.45, 2.75) is 19.3 Å². The van der Waals surface area contributed by atoms with Crippen LogP contribution in [0.1, 0.15) is 23.6 Å². The Hall–Kier alpha value is -0.600. The summed E-state index contributed by atoms with van der Waals surface area (Å²) in [5, 5.41) is 3.37.